The number of ether oxygens (including phenoxy) is 1. The molecule has 0 spiro atoms. The van der Waals surface area contributed by atoms with Crippen LogP contribution in [0.5, 0.6) is 0 Å². The lowest BCUT2D eigenvalue weighted by atomic mass is 10.1. The molecule has 4 rings (SSSR count). The zero-order valence-electron chi connectivity index (χ0n) is 13.1. The second kappa shape index (κ2) is 6.38. The second-order valence-corrected chi connectivity index (χ2v) is 6.41. The lowest BCUT2D eigenvalue weighted by Gasteiger charge is -2.18. The Morgan fingerprint density at radius 2 is 1.92 bits per heavy atom. The van der Waals surface area contributed by atoms with Gasteiger partial charge in [-0.1, -0.05) is 42.5 Å². The van der Waals surface area contributed by atoms with Crippen LogP contribution in [0.3, 0.4) is 0 Å². The molecule has 1 aliphatic heterocycles. The van der Waals surface area contributed by atoms with E-state index in [1.54, 1.807) is 17.0 Å². The number of aromatic nitrogens is 1. The highest BCUT2D eigenvalue weighted by Crippen LogP contribution is 2.36. The van der Waals surface area contributed by atoms with E-state index in [1.807, 2.05) is 47.8 Å². The molecule has 25 heavy (non-hydrogen) atoms. The van der Waals surface area contributed by atoms with Crippen molar-refractivity contribution in [3.05, 3.63) is 71.1 Å². The molecular weight excluding hydrogens is 334 g/mol. The van der Waals surface area contributed by atoms with Gasteiger partial charge < -0.3 is 4.74 Å². The number of anilines is 1. The molecule has 0 radical (unpaired) electrons. The largest absolute Gasteiger partial charge is 0.447 e. The van der Waals surface area contributed by atoms with Crippen LogP contribution in [-0.2, 0) is 4.74 Å². The number of amides is 1. The van der Waals surface area contributed by atoms with E-state index in [4.69, 9.17) is 10.00 Å². The summed E-state index contributed by atoms with van der Waals surface area (Å²) in [5.41, 5.74) is 3.30. The lowest BCUT2D eigenvalue weighted by Crippen LogP contribution is -2.27. The number of rotatable bonds is 3. The summed E-state index contributed by atoms with van der Waals surface area (Å²) in [5, 5.41) is 11.4. The van der Waals surface area contributed by atoms with Crippen LogP contribution in [0.25, 0.3) is 11.3 Å². The third kappa shape index (κ3) is 2.86. The quantitative estimate of drug-likeness (QED) is 0.705. The van der Waals surface area contributed by atoms with E-state index in [9.17, 15) is 4.79 Å². The summed E-state index contributed by atoms with van der Waals surface area (Å²) in [6.45, 7) is 0.314. The molecular formula is C19H13N3O2S. The Morgan fingerprint density at radius 1 is 1.16 bits per heavy atom. The fourth-order valence-corrected chi connectivity index (χ4v) is 3.65. The first-order chi connectivity index (χ1) is 12.3. The van der Waals surface area contributed by atoms with Gasteiger partial charge in [-0.15, -0.1) is 11.3 Å². The Balaban J connectivity index is 1.66. The highest BCUT2D eigenvalue weighted by atomic mass is 32.1. The summed E-state index contributed by atoms with van der Waals surface area (Å²) < 4.78 is 5.25. The molecule has 0 N–H and O–H groups in total. The van der Waals surface area contributed by atoms with E-state index in [1.165, 1.54) is 11.3 Å². The van der Waals surface area contributed by atoms with Crippen LogP contribution in [0.1, 0.15) is 17.2 Å². The van der Waals surface area contributed by atoms with Crippen LogP contribution in [0.15, 0.2) is 60.0 Å². The third-order valence-corrected chi connectivity index (χ3v) is 4.91. The minimum atomic E-state index is -0.380. The van der Waals surface area contributed by atoms with Gasteiger partial charge in [-0.2, -0.15) is 5.26 Å². The Kier molecular flexibility index (Phi) is 3.92. The number of hydrogen-bond donors (Lipinski definition) is 0. The predicted molar refractivity (Wildman–Crippen MR) is 95.3 cm³/mol. The van der Waals surface area contributed by atoms with E-state index in [-0.39, 0.29) is 12.1 Å². The van der Waals surface area contributed by atoms with Crippen LogP contribution in [0.2, 0.25) is 0 Å². The van der Waals surface area contributed by atoms with Crippen molar-refractivity contribution in [3.8, 4) is 17.3 Å². The summed E-state index contributed by atoms with van der Waals surface area (Å²) in [6, 6.07) is 18.9. The molecule has 6 heteroatoms. The van der Waals surface area contributed by atoms with Crippen molar-refractivity contribution >= 4 is 22.6 Å². The van der Waals surface area contributed by atoms with Gasteiger partial charge in [0.1, 0.15) is 12.6 Å². The van der Waals surface area contributed by atoms with Gasteiger partial charge >= 0.3 is 6.09 Å². The second-order valence-electron chi connectivity index (χ2n) is 5.58. The van der Waals surface area contributed by atoms with Crippen molar-refractivity contribution in [2.45, 2.75) is 6.04 Å². The normalized spacial score (nSPS) is 16.5. The van der Waals surface area contributed by atoms with Crippen LogP contribution in [0.4, 0.5) is 9.93 Å². The number of thiazole rings is 1. The van der Waals surface area contributed by atoms with Gasteiger partial charge in [0.2, 0.25) is 0 Å². The molecule has 1 aromatic heterocycles. The third-order valence-electron chi connectivity index (χ3n) is 4.07. The van der Waals surface area contributed by atoms with Crippen molar-refractivity contribution in [2.75, 3.05) is 11.5 Å². The summed E-state index contributed by atoms with van der Waals surface area (Å²) in [6.07, 6.45) is -0.380. The summed E-state index contributed by atoms with van der Waals surface area (Å²) in [5.74, 6) is 0. The van der Waals surface area contributed by atoms with Crippen molar-refractivity contribution in [1.82, 2.24) is 4.98 Å². The van der Waals surface area contributed by atoms with Gasteiger partial charge in [0.05, 0.1) is 17.3 Å². The van der Waals surface area contributed by atoms with Crippen molar-refractivity contribution in [2.24, 2.45) is 0 Å². The van der Waals surface area contributed by atoms with Crippen molar-refractivity contribution in [3.63, 3.8) is 0 Å². The average Bonchev–Trinajstić information content (AvgIpc) is 3.29. The Bertz CT molecular complexity index is 945. The maximum atomic E-state index is 12.2. The fourth-order valence-electron chi connectivity index (χ4n) is 2.78. The summed E-state index contributed by atoms with van der Waals surface area (Å²) in [7, 11) is 0. The molecule has 5 nitrogen and oxygen atoms in total. The zero-order chi connectivity index (χ0) is 17.2. The Morgan fingerprint density at radius 3 is 2.64 bits per heavy atom. The van der Waals surface area contributed by atoms with Gasteiger partial charge in [0.15, 0.2) is 5.13 Å². The van der Waals surface area contributed by atoms with E-state index in [0.717, 1.165) is 16.8 Å². The first kappa shape index (κ1) is 15.4. The van der Waals surface area contributed by atoms with E-state index in [2.05, 4.69) is 11.1 Å². The van der Waals surface area contributed by atoms with Crippen LogP contribution in [0, 0.1) is 11.3 Å². The molecule has 1 saturated heterocycles. The molecule has 0 bridgehead atoms. The average molecular weight is 347 g/mol. The number of cyclic esters (lactones) is 1. The first-order valence-electron chi connectivity index (χ1n) is 7.73. The summed E-state index contributed by atoms with van der Waals surface area (Å²) in [4.78, 5) is 18.4. The van der Waals surface area contributed by atoms with Gasteiger partial charge in [-0.25, -0.2) is 14.7 Å². The number of hydrogen-bond acceptors (Lipinski definition) is 5. The molecule has 122 valence electrons. The van der Waals surface area contributed by atoms with Crippen molar-refractivity contribution in [1.29, 1.82) is 5.26 Å². The minimum Gasteiger partial charge on any atom is -0.447 e. The van der Waals surface area contributed by atoms with Gasteiger partial charge in [0, 0.05) is 10.9 Å². The van der Waals surface area contributed by atoms with Crippen molar-refractivity contribution < 1.29 is 9.53 Å². The SMILES string of the molecule is N#Cc1ccc(-c2csc(N3C(=O)OCC3c3ccccc3)n2)cc1. The number of nitriles is 1. The molecule has 2 aromatic carbocycles. The minimum absolute atomic E-state index is 0.173. The zero-order valence-corrected chi connectivity index (χ0v) is 13.9. The molecule has 1 unspecified atom stereocenters. The molecule has 1 fully saturated rings. The van der Waals surface area contributed by atoms with E-state index < -0.39 is 0 Å². The molecule has 0 aliphatic carbocycles. The number of nitrogens with zero attached hydrogens (tertiary/aromatic N) is 3. The highest BCUT2D eigenvalue weighted by molar-refractivity contribution is 7.14. The van der Waals surface area contributed by atoms with Gasteiger partial charge in [0.25, 0.3) is 0 Å². The molecule has 1 aliphatic rings. The first-order valence-corrected chi connectivity index (χ1v) is 8.61. The van der Waals surface area contributed by atoms with E-state index in [0.29, 0.717) is 17.3 Å². The maximum Gasteiger partial charge on any atom is 0.416 e. The summed E-state index contributed by atoms with van der Waals surface area (Å²) >= 11 is 1.40. The molecule has 1 atom stereocenters. The monoisotopic (exact) mass is 347 g/mol. The van der Waals surface area contributed by atoms with Gasteiger partial charge in [-0.05, 0) is 17.7 Å². The topological polar surface area (TPSA) is 66.2 Å². The maximum absolute atomic E-state index is 12.2. The van der Waals surface area contributed by atoms with E-state index >= 15 is 0 Å². The van der Waals surface area contributed by atoms with Crippen LogP contribution in [-0.4, -0.2) is 17.7 Å². The molecule has 3 aromatic rings. The molecule has 0 saturated carbocycles. The fraction of sp³-hybridized carbons (Fsp3) is 0.105. The number of carbonyl (C=O) groups excluding carboxylic acids is 1. The lowest BCUT2D eigenvalue weighted by molar-refractivity contribution is 0.179. The van der Waals surface area contributed by atoms with Crippen LogP contribution < -0.4 is 4.90 Å². The predicted octanol–water partition coefficient (Wildman–Crippen LogP) is 4.38. The Hall–Kier alpha value is -3.17. The molecule has 2 heterocycles. The smallest absolute Gasteiger partial charge is 0.416 e. The number of benzene rings is 2. The Labute approximate surface area is 148 Å². The number of carbonyl (C=O) groups is 1. The van der Waals surface area contributed by atoms with Gasteiger partial charge in [-0.3, -0.25) is 0 Å². The standard InChI is InChI=1S/C19H13N3O2S/c20-10-13-6-8-14(9-7-13)16-12-25-18(21-16)22-17(11-24-19(22)23)15-4-2-1-3-5-15/h1-9,12,17H,11H2. The molecule has 1 amide bonds. The highest BCUT2D eigenvalue weighted by Gasteiger charge is 2.37. The van der Waals surface area contributed by atoms with Crippen LogP contribution >= 0.6 is 11.3 Å².